The number of nitrogens with two attached hydrogens (primary N) is 1. The van der Waals surface area contributed by atoms with Crippen molar-refractivity contribution in [3.05, 3.63) is 11.9 Å². The van der Waals surface area contributed by atoms with Gasteiger partial charge in [0.2, 0.25) is 0 Å². The zero-order valence-electron chi connectivity index (χ0n) is 12.4. The summed E-state index contributed by atoms with van der Waals surface area (Å²) in [7, 11) is 4.30. The zero-order valence-corrected chi connectivity index (χ0v) is 12.4. The highest BCUT2D eigenvalue weighted by atomic mass is 15.2. The molecule has 1 aromatic rings. The van der Waals surface area contributed by atoms with Crippen molar-refractivity contribution in [2.75, 3.05) is 31.7 Å². The molecule has 0 amide bonds. The summed E-state index contributed by atoms with van der Waals surface area (Å²) >= 11 is 0. The smallest absolute Gasteiger partial charge is 0.135 e. The standard InChI is InChI=1S/C14H25N5/c1-10(2)13-17-11(15)8-12(18-13)16-9-14(19(3)4)6-5-7-14/h8,10H,5-7,9H2,1-4H3,(H3,15,16,17,18). The van der Waals surface area contributed by atoms with Crippen LogP contribution in [0.1, 0.15) is 44.9 Å². The van der Waals surface area contributed by atoms with Gasteiger partial charge in [0, 0.05) is 24.1 Å². The topological polar surface area (TPSA) is 67.1 Å². The summed E-state index contributed by atoms with van der Waals surface area (Å²) < 4.78 is 0. The molecule has 3 N–H and O–H groups in total. The first-order chi connectivity index (χ1) is 8.93. The Kier molecular flexibility index (Phi) is 3.94. The van der Waals surface area contributed by atoms with Crippen molar-refractivity contribution in [1.82, 2.24) is 14.9 Å². The lowest BCUT2D eigenvalue weighted by Crippen LogP contribution is -2.54. The van der Waals surface area contributed by atoms with Gasteiger partial charge < -0.3 is 16.0 Å². The Labute approximate surface area is 115 Å². The molecular weight excluding hydrogens is 238 g/mol. The largest absolute Gasteiger partial charge is 0.384 e. The van der Waals surface area contributed by atoms with Gasteiger partial charge in [-0.25, -0.2) is 9.97 Å². The molecule has 2 rings (SSSR count). The molecule has 0 bridgehead atoms. The number of anilines is 2. The summed E-state index contributed by atoms with van der Waals surface area (Å²) in [6.07, 6.45) is 3.79. The zero-order chi connectivity index (χ0) is 14.0. The molecule has 1 aromatic heterocycles. The Balaban J connectivity index is 2.07. The molecule has 1 heterocycles. The van der Waals surface area contributed by atoms with E-state index in [-0.39, 0.29) is 11.5 Å². The summed E-state index contributed by atoms with van der Waals surface area (Å²) in [5, 5.41) is 3.43. The van der Waals surface area contributed by atoms with Crippen LogP contribution >= 0.6 is 0 Å². The van der Waals surface area contributed by atoms with E-state index in [0.717, 1.165) is 18.2 Å². The average molecular weight is 263 g/mol. The summed E-state index contributed by atoms with van der Waals surface area (Å²) in [4.78, 5) is 11.1. The van der Waals surface area contributed by atoms with Crippen molar-refractivity contribution in [3.63, 3.8) is 0 Å². The molecule has 1 fully saturated rings. The van der Waals surface area contributed by atoms with E-state index >= 15 is 0 Å². The molecule has 0 aromatic carbocycles. The molecule has 19 heavy (non-hydrogen) atoms. The molecule has 1 aliphatic carbocycles. The van der Waals surface area contributed by atoms with Crippen LogP contribution in [0.2, 0.25) is 0 Å². The fourth-order valence-corrected chi connectivity index (χ4v) is 2.46. The quantitative estimate of drug-likeness (QED) is 0.851. The minimum atomic E-state index is 0.276. The number of rotatable bonds is 5. The van der Waals surface area contributed by atoms with Gasteiger partial charge in [0.15, 0.2) is 0 Å². The van der Waals surface area contributed by atoms with Crippen LogP contribution in [0, 0.1) is 0 Å². The van der Waals surface area contributed by atoms with Crippen molar-refractivity contribution in [1.29, 1.82) is 0 Å². The predicted octanol–water partition coefficient (Wildman–Crippen LogP) is 2.08. The second-order valence-corrected chi connectivity index (χ2v) is 6.02. The lowest BCUT2D eigenvalue weighted by molar-refractivity contribution is 0.0738. The van der Waals surface area contributed by atoms with Crippen LogP contribution in [0.15, 0.2) is 6.07 Å². The third-order valence-electron chi connectivity index (χ3n) is 4.11. The van der Waals surface area contributed by atoms with Gasteiger partial charge in [-0.15, -0.1) is 0 Å². The second kappa shape index (κ2) is 5.33. The van der Waals surface area contributed by atoms with Crippen LogP contribution in [0.25, 0.3) is 0 Å². The van der Waals surface area contributed by atoms with Gasteiger partial charge in [0.05, 0.1) is 0 Å². The van der Waals surface area contributed by atoms with Gasteiger partial charge in [-0.3, -0.25) is 0 Å². The molecule has 0 aliphatic heterocycles. The molecule has 106 valence electrons. The van der Waals surface area contributed by atoms with E-state index in [1.165, 1.54) is 19.3 Å². The van der Waals surface area contributed by atoms with E-state index in [0.29, 0.717) is 5.82 Å². The highest BCUT2D eigenvalue weighted by Crippen LogP contribution is 2.36. The Hall–Kier alpha value is -1.36. The Morgan fingerprint density at radius 2 is 2.05 bits per heavy atom. The van der Waals surface area contributed by atoms with Crippen LogP contribution in [-0.4, -0.2) is 41.0 Å². The molecule has 1 aliphatic rings. The van der Waals surface area contributed by atoms with Crippen LogP contribution in [0.5, 0.6) is 0 Å². The molecular formula is C14H25N5. The first kappa shape index (κ1) is 14.1. The predicted molar refractivity (Wildman–Crippen MR) is 79.3 cm³/mol. The van der Waals surface area contributed by atoms with Gasteiger partial charge >= 0.3 is 0 Å². The molecule has 0 radical (unpaired) electrons. The Bertz CT molecular complexity index is 437. The van der Waals surface area contributed by atoms with E-state index in [2.05, 4.69) is 48.1 Å². The van der Waals surface area contributed by atoms with Gasteiger partial charge in [-0.05, 0) is 33.4 Å². The van der Waals surface area contributed by atoms with Crippen molar-refractivity contribution >= 4 is 11.6 Å². The van der Waals surface area contributed by atoms with Gasteiger partial charge in [-0.1, -0.05) is 13.8 Å². The van der Waals surface area contributed by atoms with E-state index < -0.39 is 0 Å². The molecule has 0 atom stereocenters. The molecule has 5 heteroatoms. The lowest BCUT2D eigenvalue weighted by atomic mass is 9.75. The SMILES string of the molecule is CC(C)c1nc(N)cc(NCC2(N(C)C)CCC2)n1. The lowest BCUT2D eigenvalue weighted by Gasteiger charge is -2.47. The van der Waals surface area contributed by atoms with Crippen LogP contribution in [-0.2, 0) is 0 Å². The fraction of sp³-hybridized carbons (Fsp3) is 0.714. The molecule has 0 saturated heterocycles. The summed E-state index contributed by atoms with van der Waals surface area (Å²) in [6, 6.07) is 1.81. The first-order valence-electron chi connectivity index (χ1n) is 6.99. The van der Waals surface area contributed by atoms with Gasteiger partial charge in [-0.2, -0.15) is 0 Å². The fourth-order valence-electron chi connectivity index (χ4n) is 2.46. The third-order valence-corrected chi connectivity index (χ3v) is 4.11. The summed E-state index contributed by atoms with van der Waals surface area (Å²) in [6.45, 7) is 5.06. The van der Waals surface area contributed by atoms with Gasteiger partial charge in [0.1, 0.15) is 17.5 Å². The van der Waals surface area contributed by atoms with Crippen molar-refractivity contribution in [2.45, 2.75) is 44.6 Å². The van der Waals surface area contributed by atoms with Crippen LogP contribution < -0.4 is 11.1 Å². The number of nitrogens with one attached hydrogen (secondary N) is 1. The number of nitrogens with zero attached hydrogens (tertiary/aromatic N) is 3. The minimum Gasteiger partial charge on any atom is -0.384 e. The monoisotopic (exact) mass is 263 g/mol. The van der Waals surface area contributed by atoms with Crippen LogP contribution in [0.3, 0.4) is 0 Å². The first-order valence-corrected chi connectivity index (χ1v) is 6.99. The highest BCUT2D eigenvalue weighted by Gasteiger charge is 2.38. The van der Waals surface area contributed by atoms with Crippen molar-refractivity contribution in [2.24, 2.45) is 0 Å². The number of hydrogen-bond acceptors (Lipinski definition) is 5. The van der Waals surface area contributed by atoms with Gasteiger partial charge in [0.25, 0.3) is 0 Å². The number of likely N-dealkylation sites (N-methyl/N-ethyl adjacent to an activating group) is 1. The second-order valence-electron chi connectivity index (χ2n) is 6.02. The van der Waals surface area contributed by atoms with E-state index in [1.54, 1.807) is 0 Å². The van der Waals surface area contributed by atoms with E-state index in [9.17, 15) is 0 Å². The molecule has 0 unspecified atom stereocenters. The molecule has 5 nitrogen and oxygen atoms in total. The Morgan fingerprint density at radius 1 is 1.37 bits per heavy atom. The molecule has 1 saturated carbocycles. The molecule has 0 spiro atoms. The van der Waals surface area contributed by atoms with Crippen molar-refractivity contribution in [3.8, 4) is 0 Å². The number of aromatic nitrogens is 2. The Morgan fingerprint density at radius 3 is 2.53 bits per heavy atom. The maximum atomic E-state index is 5.84. The maximum absolute atomic E-state index is 5.84. The van der Waals surface area contributed by atoms with Crippen molar-refractivity contribution < 1.29 is 0 Å². The normalized spacial score (nSPS) is 17.6. The third kappa shape index (κ3) is 2.97. The highest BCUT2D eigenvalue weighted by molar-refractivity contribution is 5.45. The number of hydrogen-bond donors (Lipinski definition) is 2. The van der Waals surface area contributed by atoms with E-state index in [4.69, 9.17) is 5.73 Å². The summed E-state index contributed by atoms with van der Waals surface area (Å²) in [5.74, 6) is 2.46. The minimum absolute atomic E-state index is 0.276. The number of nitrogen functional groups attached to an aromatic ring is 1. The maximum Gasteiger partial charge on any atom is 0.135 e. The van der Waals surface area contributed by atoms with Crippen LogP contribution in [0.4, 0.5) is 11.6 Å². The van der Waals surface area contributed by atoms with E-state index in [1.807, 2.05) is 6.07 Å². The summed E-state index contributed by atoms with van der Waals surface area (Å²) in [5.41, 5.74) is 6.12. The average Bonchev–Trinajstić information content (AvgIpc) is 2.26.